The zero-order valence-corrected chi connectivity index (χ0v) is 14.2. The second-order valence-corrected chi connectivity index (χ2v) is 3.12. The minimum Gasteiger partial charge on any atom is -1.00 e. The number of rotatable bonds is 0. The average molecular weight is 487 g/mol. The third kappa shape index (κ3) is 3.93. The summed E-state index contributed by atoms with van der Waals surface area (Å²) in [6, 6.07) is 0. The van der Waals surface area contributed by atoms with Gasteiger partial charge in [-0.15, -0.1) is 0 Å². The second-order valence-electron chi connectivity index (χ2n) is 3.12. The molecule has 13 heavy (non-hydrogen) atoms. The molecule has 0 aromatic carbocycles. The fourth-order valence-electron chi connectivity index (χ4n) is 1.41. The Balaban J connectivity index is -0.000000333. The molecule has 0 N–H and O–H groups in total. The van der Waals surface area contributed by atoms with Crippen LogP contribution in [0.25, 0.3) is 0 Å². The first-order chi connectivity index (χ1) is 4.55. The van der Waals surface area contributed by atoms with Gasteiger partial charge in [0.1, 0.15) is 0 Å². The SMILES string of the molecule is C[C]1[C](C)[C](C)[C](C)[C]1C.[Br-].[Br-].[Ir+3]. The maximum atomic E-state index is 2.20. The van der Waals surface area contributed by atoms with Gasteiger partial charge in [0.15, 0.2) is 0 Å². The van der Waals surface area contributed by atoms with Gasteiger partial charge >= 0.3 is 20.1 Å². The van der Waals surface area contributed by atoms with Crippen LogP contribution in [-0.2, 0) is 20.1 Å². The molecular weight excluding hydrogens is 472 g/mol. The van der Waals surface area contributed by atoms with E-state index in [1.54, 1.807) is 0 Å². The van der Waals surface area contributed by atoms with Crippen molar-refractivity contribution in [1.29, 1.82) is 0 Å². The fraction of sp³-hybridized carbons (Fsp3) is 0.500. The molecule has 0 spiro atoms. The Labute approximate surface area is 118 Å². The summed E-state index contributed by atoms with van der Waals surface area (Å²) in [6.45, 7) is 11.0. The zero-order valence-electron chi connectivity index (χ0n) is 8.59. The van der Waals surface area contributed by atoms with Gasteiger partial charge in [0, 0.05) is 0 Å². The van der Waals surface area contributed by atoms with Crippen molar-refractivity contribution in [3.05, 3.63) is 29.6 Å². The van der Waals surface area contributed by atoms with E-state index in [1.807, 2.05) is 0 Å². The largest absolute Gasteiger partial charge is 3.00 e. The van der Waals surface area contributed by atoms with E-state index in [-0.39, 0.29) is 54.1 Å². The van der Waals surface area contributed by atoms with Crippen LogP contribution in [-0.4, -0.2) is 0 Å². The van der Waals surface area contributed by atoms with Gasteiger partial charge in [-0.05, 0) is 29.6 Å². The van der Waals surface area contributed by atoms with Crippen LogP contribution in [0, 0.1) is 29.6 Å². The van der Waals surface area contributed by atoms with Crippen molar-refractivity contribution in [3.8, 4) is 0 Å². The van der Waals surface area contributed by atoms with Crippen LogP contribution in [0.4, 0.5) is 0 Å². The van der Waals surface area contributed by atoms with Gasteiger partial charge in [-0.1, -0.05) is 34.6 Å². The van der Waals surface area contributed by atoms with Crippen molar-refractivity contribution in [1.82, 2.24) is 0 Å². The molecule has 0 unspecified atom stereocenters. The first-order valence-corrected chi connectivity index (χ1v) is 3.75. The standard InChI is InChI=1S/C10H15.2BrH.Ir/c1-6-7(2)9(4)10(5)8(6)3;;;/h1-5H3;2*1H;/q;;;+3/p-2. The molecule has 3 heteroatoms. The van der Waals surface area contributed by atoms with Gasteiger partial charge in [0.25, 0.3) is 0 Å². The van der Waals surface area contributed by atoms with Gasteiger partial charge in [-0.2, -0.15) is 0 Å². The van der Waals surface area contributed by atoms with Crippen molar-refractivity contribution in [3.63, 3.8) is 0 Å². The zero-order chi connectivity index (χ0) is 7.89. The number of halogens is 2. The predicted octanol–water partition coefficient (Wildman–Crippen LogP) is -3.02. The van der Waals surface area contributed by atoms with E-state index in [4.69, 9.17) is 0 Å². The van der Waals surface area contributed by atoms with Crippen LogP contribution in [0.15, 0.2) is 0 Å². The number of hydrogen-bond donors (Lipinski definition) is 0. The van der Waals surface area contributed by atoms with E-state index in [0.29, 0.717) is 0 Å². The Bertz CT molecular complexity index is 85.3. The van der Waals surface area contributed by atoms with E-state index in [1.165, 1.54) is 29.6 Å². The summed E-state index contributed by atoms with van der Waals surface area (Å²) >= 11 is 0. The van der Waals surface area contributed by atoms with E-state index in [2.05, 4.69) is 34.6 Å². The molecule has 0 atom stereocenters. The molecule has 0 aliphatic heterocycles. The molecule has 0 saturated heterocycles. The Kier molecular flexibility index (Phi) is 12.1. The molecule has 1 fully saturated rings. The van der Waals surface area contributed by atoms with Crippen molar-refractivity contribution < 1.29 is 54.1 Å². The van der Waals surface area contributed by atoms with E-state index < -0.39 is 0 Å². The second kappa shape index (κ2) is 7.84. The van der Waals surface area contributed by atoms with Crippen molar-refractivity contribution >= 4 is 0 Å². The van der Waals surface area contributed by atoms with Crippen LogP contribution in [0.1, 0.15) is 34.6 Å². The summed E-state index contributed by atoms with van der Waals surface area (Å²) in [7, 11) is 0. The summed E-state index contributed by atoms with van der Waals surface area (Å²) < 4.78 is 0. The Hall–Kier alpha value is 1.61. The molecule has 1 aliphatic carbocycles. The summed E-state index contributed by atoms with van der Waals surface area (Å²) in [5, 5.41) is 0. The van der Waals surface area contributed by atoms with Gasteiger partial charge in [-0.25, -0.2) is 0 Å². The third-order valence-corrected chi connectivity index (χ3v) is 2.81. The molecular formula is C10H15Br2Ir+. The maximum absolute atomic E-state index is 2.20. The normalized spacial score (nSPS) is 21.9. The van der Waals surface area contributed by atoms with Crippen LogP contribution in [0.2, 0.25) is 0 Å². The predicted molar refractivity (Wildman–Crippen MR) is 44.6 cm³/mol. The maximum Gasteiger partial charge on any atom is 3.00 e. The van der Waals surface area contributed by atoms with Gasteiger partial charge in [-0.3, -0.25) is 0 Å². The Morgan fingerprint density at radius 1 is 0.462 bits per heavy atom. The van der Waals surface area contributed by atoms with Crippen LogP contribution in [0.5, 0.6) is 0 Å². The molecule has 0 aromatic rings. The summed E-state index contributed by atoms with van der Waals surface area (Å²) in [5.74, 6) is 7.34. The van der Waals surface area contributed by atoms with Gasteiger partial charge in [0.2, 0.25) is 0 Å². The Morgan fingerprint density at radius 2 is 0.538 bits per heavy atom. The van der Waals surface area contributed by atoms with Gasteiger partial charge in [0.05, 0.1) is 0 Å². The molecule has 0 amide bonds. The van der Waals surface area contributed by atoms with E-state index in [9.17, 15) is 0 Å². The van der Waals surface area contributed by atoms with Crippen molar-refractivity contribution in [2.45, 2.75) is 34.6 Å². The van der Waals surface area contributed by atoms with E-state index >= 15 is 0 Å². The minimum atomic E-state index is 0. The Morgan fingerprint density at radius 3 is 0.615 bits per heavy atom. The fourth-order valence-corrected chi connectivity index (χ4v) is 1.41. The van der Waals surface area contributed by atoms with Crippen LogP contribution >= 0.6 is 0 Å². The molecule has 0 aromatic heterocycles. The summed E-state index contributed by atoms with van der Waals surface area (Å²) in [6.07, 6.45) is 0. The molecule has 1 saturated carbocycles. The minimum absolute atomic E-state index is 0. The quantitative estimate of drug-likeness (QED) is 0.342. The summed E-state index contributed by atoms with van der Waals surface area (Å²) in [5.41, 5.74) is 0. The van der Waals surface area contributed by atoms with Gasteiger partial charge < -0.3 is 34.0 Å². The first kappa shape index (κ1) is 20.1. The molecule has 1 aliphatic rings. The molecule has 77 valence electrons. The topological polar surface area (TPSA) is 0 Å². The number of hydrogen-bond acceptors (Lipinski definition) is 0. The average Bonchev–Trinajstić information content (AvgIpc) is 2.07. The van der Waals surface area contributed by atoms with Crippen LogP contribution in [0.3, 0.4) is 0 Å². The molecule has 0 heterocycles. The summed E-state index contributed by atoms with van der Waals surface area (Å²) in [4.78, 5) is 0. The van der Waals surface area contributed by atoms with Crippen molar-refractivity contribution in [2.24, 2.45) is 0 Å². The molecule has 0 nitrogen and oxygen atoms in total. The first-order valence-electron chi connectivity index (χ1n) is 3.75. The van der Waals surface area contributed by atoms with Crippen LogP contribution < -0.4 is 34.0 Å². The van der Waals surface area contributed by atoms with E-state index in [0.717, 1.165) is 0 Å². The monoisotopic (exact) mass is 486 g/mol. The molecule has 0 bridgehead atoms. The molecule has 5 radical (unpaired) electrons. The molecule has 1 rings (SSSR count). The third-order valence-electron chi connectivity index (χ3n) is 2.81. The smallest absolute Gasteiger partial charge is 1.00 e. The van der Waals surface area contributed by atoms with Crippen molar-refractivity contribution in [2.75, 3.05) is 0 Å².